The highest BCUT2D eigenvalue weighted by molar-refractivity contribution is 6.00. The molecule has 0 aliphatic carbocycles. The number of carbonyl (C=O) groups excluding carboxylic acids is 1. The number of anilines is 1. The molecule has 1 saturated heterocycles. The van der Waals surface area contributed by atoms with E-state index in [9.17, 15) is 13.6 Å². The van der Waals surface area contributed by atoms with Crippen LogP contribution in [0.25, 0.3) is 0 Å². The lowest BCUT2D eigenvalue weighted by Crippen LogP contribution is -2.40. The van der Waals surface area contributed by atoms with Crippen molar-refractivity contribution in [2.75, 3.05) is 31.6 Å². The molecule has 0 saturated carbocycles. The number of hydrogen-bond donors (Lipinski definition) is 0. The molecule has 1 heterocycles. The molecular weight excluding hydrogens is 238 g/mol. The van der Waals surface area contributed by atoms with Crippen molar-refractivity contribution >= 4 is 11.6 Å². The number of amides is 1. The number of hydrogen-bond acceptors (Lipinski definition) is 2. The summed E-state index contributed by atoms with van der Waals surface area (Å²) in [5.41, 5.74) is 0.338. The number of nitrogens with zero attached hydrogens (tertiary/aromatic N) is 2. The minimum absolute atomic E-state index is 0.103. The molecule has 0 aromatic heterocycles. The van der Waals surface area contributed by atoms with Crippen molar-refractivity contribution in [1.29, 1.82) is 0 Å². The fraction of sp³-hybridized carbons (Fsp3) is 0.462. The van der Waals surface area contributed by atoms with Crippen LogP contribution in [0.3, 0.4) is 0 Å². The van der Waals surface area contributed by atoms with Gasteiger partial charge in [0.15, 0.2) is 11.6 Å². The second kappa shape index (κ2) is 4.92. The van der Waals surface area contributed by atoms with Gasteiger partial charge in [0.1, 0.15) is 0 Å². The fourth-order valence-electron chi connectivity index (χ4n) is 1.91. The van der Waals surface area contributed by atoms with Gasteiger partial charge in [-0.3, -0.25) is 4.79 Å². The summed E-state index contributed by atoms with van der Waals surface area (Å²) >= 11 is 0. The van der Waals surface area contributed by atoms with E-state index in [2.05, 4.69) is 0 Å². The molecule has 0 radical (unpaired) electrons. The maximum absolute atomic E-state index is 13.9. The molecular formula is C13H16F2N2O. The topological polar surface area (TPSA) is 23.6 Å². The summed E-state index contributed by atoms with van der Waals surface area (Å²) in [6, 6.07) is 2.37. The van der Waals surface area contributed by atoms with Gasteiger partial charge in [-0.15, -0.1) is 0 Å². The largest absolute Gasteiger partial charge is 0.368 e. The summed E-state index contributed by atoms with van der Waals surface area (Å²) < 4.78 is 27.2. The first-order valence-electron chi connectivity index (χ1n) is 6.04. The number of halogens is 2. The Labute approximate surface area is 105 Å². The quantitative estimate of drug-likeness (QED) is 0.826. The van der Waals surface area contributed by atoms with Gasteiger partial charge in [0.2, 0.25) is 0 Å². The van der Waals surface area contributed by atoms with E-state index in [4.69, 9.17) is 0 Å². The van der Waals surface area contributed by atoms with Crippen LogP contribution < -0.4 is 4.90 Å². The van der Waals surface area contributed by atoms with Gasteiger partial charge in [-0.25, -0.2) is 8.78 Å². The van der Waals surface area contributed by atoms with E-state index in [1.165, 1.54) is 11.0 Å². The van der Waals surface area contributed by atoms with E-state index in [1.807, 2.05) is 6.92 Å². The maximum Gasteiger partial charge on any atom is 0.255 e. The van der Waals surface area contributed by atoms with Gasteiger partial charge < -0.3 is 9.80 Å². The molecule has 98 valence electrons. The van der Waals surface area contributed by atoms with Crippen molar-refractivity contribution in [2.24, 2.45) is 0 Å². The summed E-state index contributed by atoms with van der Waals surface area (Å²) in [4.78, 5) is 15.3. The first-order chi connectivity index (χ1) is 8.56. The van der Waals surface area contributed by atoms with Gasteiger partial charge in [0.25, 0.3) is 5.91 Å². The molecule has 0 unspecified atom stereocenters. The summed E-state index contributed by atoms with van der Waals surface area (Å²) in [5, 5.41) is 0. The molecule has 0 bridgehead atoms. The Bertz CT molecular complexity index is 472. The lowest BCUT2D eigenvalue weighted by molar-refractivity contribution is 0.0802. The molecule has 5 heteroatoms. The predicted molar refractivity (Wildman–Crippen MR) is 65.8 cm³/mol. The molecule has 1 aliphatic heterocycles. The third-order valence-corrected chi connectivity index (χ3v) is 3.29. The molecule has 18 heavy (non-hydrogen) atoms. The highest BCUT2D eigenvalue weighted by atomic mass is 19.2. The Morgan fingerprint density at radius 1 is 1.39 bits per heavy atom. The molecule has 1 aromatic carbocycles. The highest BCUT2D eigenvalue weighted by Crippen LogP contribution is 2.30. The van der Waals surface area contributed by atoms with E-state index in [0.29, 0.717) is 19.6 Å². The summed E-state index contributed by atoms with van der Waals surface area (Å²) in [6.45, 7) is 3.69. The smallest absolute Gasteiger partial charge is 0.255 e. The molecule has 1 aliphatic rings. The highest BCUT2D eigenvalue weighted by Gasteiger charge is 2.27. The van der Waals surface area contributed by atoms with Crippen LogP contribution in [0, 0.1) is 11.6 Å². The van der Waals surface area contributed by atoms with Crippen LogP contribution in [-0.4, -0.2) is 37.5 Å². The van der Waals surface area contributed by atoms with Crippen molar-refractivity contribution < 1.29 is 13.6 Å². The zero-order valence-corrected chi connectivity index (χ0v) is 10.5. The molecule has 1 fully saturated rings. The molecule has 0 N–H and O–H groups in total. The predicted octanol–water partition coefficient (Wildman–Crippen LogP) is 2.27. The molecule has 1 aromatic rings. The van der Waals surface area contributed by atoms with E-state index in [-0.39, 0.29) is 17.2 Å². The van der Waals surface area contributed by atoms with Crippen LogP contribution in [0.1, 0.15) is 23.7 Å². The second-order valence-corrected chi connectivity index (χ2v) is 4.42. The van der Waals surface area contributed by atoms with Crippen molar-refractivity contribution in [3.63, 3.8) is 0 Å². The van der Waals surface area contributed by atoms with Crippen LogP contribution in [0.5, 0.6) is 0 Å². The minimum atomic E-state index is -0.926. The zero-order valence-electron chi connectivity index (χ0n) is 10.5. The molecule has 0 atom stereocenters. The normalized spacial score (nSPS) is 14.3. The maximum atomic E-state index is 13.9. The third-order valence-electron chi connectivity index (χ3n) is 3.29. The second-order valence-electron chi connectivity index (χ2n) is 4.42. The Kier molecular flexibility index (Phi) is 3.50. The average molecular weight is 254 g/mol. The van der Waals surface area contributed by atoms with Gasteiger partial charge in [-0.2, -0.15) is 0 Å². The first kappa shape index (κ1) is 12.8. The lowest BCUT2D eigenvalue weighted by Gasteiger charge is -2.35. The minimum Gasteiger partial charge on any atom is -0.368 e. The fourth-order valence-corrected chi connectivity index (χ4v) is 1.91. The van der Waals surface area contributed by atoms with Crippen LogP contribution in [0.15, 0.2) is 12.1 Å². The van der Waals surface area contributed by atoms with Gasteiger partial charge in [-0.05, 0) is 25.5 Å². The Morgan fingerprint density at radius 3 is 2.56 bits per heavy atom. The Balaban J connectivity index is 2.46. The summed E-state index contributed by atoms with van der Waals surface area (Å²) in [5.74, 6) is -2.11. The summed E-state index contributed by atoms with van der Waals surface area (Å²) in [7, 11) is 1.64. The third kappa shape index (κ3) is 2.05. The van der Waals surface area contributed by atoms with E-state index in [0.717, 1.165) is 12.5 Å². The number of rotatable bonds is 3. The van der Waals surface area contributed by atoms with E-state index >= 15 is 0 Å². The standard InChI is InChI=1S/C13H16F2N2O/c1-3-16(2)13(18)9-5-6-10(14)11(15)12(9)17-7-4-8-17/h5-6H,3-4,7-8H2,1-2H3. The summed E-state index contributed by atoms with van der Waals surface area (Å²) in [6.07, 6.45) is 0.938. The Morgan fingerprint density at radius 2 is 2.06 bits per heavy atom. The van der Waals surface area contributed by atoms with Crippen LogP contribution in [0.2, 0.25) is 0 Å². The van der Waals surface area contributed by atoms with Crippen molar-refractivity contribution in [3.8, 4) is 0 Å². The lowest BCUT2D eigenvalue weighted by atomic mass is 10.1. The van der Waals surface area contributed by atoms with Crippen LogP contribution in [0.4, 0.5) is 14.5 Å². The van der Waals surface area contributed by atoms with Crippen molar-refractivity contribution in [2.45, 2.75) is 13.3 Å². The SMILES string of the molecule is CCN(C)C(=O)c1ccc(F)c(F)c1N1CCC1. The first-order valence-corrected chi connectivity index (χ1v) is 6.04. The molecule has 0 spiro atoms. The monoisotopic (exact) mass is 254 g/mol. The van der Waals surface area contributed by atoms with Gasteiger partial charge >= 0.3 is 0 Å². The van der Waals surface area contributed by atoms with Crippen LogP contribution in [-0.2, 0) is 0 Å². The van der Waals surface area contributed by atoms with E-state index < -0.39 is 11.6 Å². The van der Waals surface area contributed by atoms with Crippen molar-refractivity contribution in [1.82, 2.24) is 4.90 Å². The van der Waals surface area contributed by atoms with Crippen LogP contribution >= 0.6 is 0 Å². The Hall–Kier alpha value is -1.65. The number of carbonyl (C=O) groups is 1. The molecule has 2 rings (SSSR count). The average Bonchev–Trinajstić information content (AvgIpc) is 2.31. The van der Waals surface area contributed by atoms with Gasteiger partial charge in [0.05, 0.1) is 11.3 Å². The van der Waals surface area contributed by atoms with Gasteiger partial charge in [-0.1, -0.05) is 0 Å². The number of benzene rings is 1. The zero-order chi connectivity index (χ0) is 13.3. The molecule has 1 amide bonds. The van der Waals surface area contributed by atoms with Gasteiger partial charge in [0, 0.05) is 26.7 Å². The van der Waals surface area contributed by atoms with Crippen molar-refractivity contribution in [3.05, 3.63) is 29.3 Å². The van der Waals surface area contributed by atoms with E-state index in [1.54, 1.807) is 11.9 Å². The molecule has 3 nitrogen and oxygen atoms in total.